The Kier molecular flexibility index (Phi) is 5.69. The maximum absolute atomic E-state index is 13.0. The minimum Gasteiger partial charge on any atom is -0.306 e. The molecule has 1 aliphatic heterocycles. The zero-order valence-electron chi connectivity index (χ0n) is 11.2. The standard InChI is InChI=1S/C14H18F3NS2/c1-10(18-11-8-19-6-7-20-9-11)12-4-2-3-5-13(12)14(15,16)17/h2-5,10-11,18H,6-9H2,1H3. The molecule has 1 unspecified atom stereocenters. The molecule has 1 N–H and O–H groups in total. The molecule has 1 saturated heterocycles. The molecule has 1 aromatic rings. The second-order valence-electron chi connectivity index (χ2n) is 4.82. The van der Waals surface area contributed by atoms with Crippen LogP contribution in [0.15, 0.2) is 24.3 Å². The Morgan fingerprint density at radius 2 is 1.75 bits per heavy atom. The first-order chi connectivity index (χ1) is 9.48. The summed E-state index contributed by atoms with van der Waals surface area (Å²) in [6.07, 6.45) is -4.29. The molecule has 0 aliphatic carbocycles. The average Bonchev–Trinajstić information content (AvgIpc) is 2.66. The van der Waals surface area contributed by atoms with E-state index in [9.17, 15) is 13.2 Å². The molecule has 6 heteroatoms. The van der Waals surface area contributed by atoms with Crippen LogP contribution in [0, 0.1) is 0 Å². The second kappa shape index (κ2) is 7.09. The Morgan fingerprint density at radius 3 is 2.35 bits per heavy atom. The molecule has 0 bridgehead atoms. The van der Waals surface area contributed by atoms with E-state index in [1.54, 1.807) is 12.1 Å². The first-order valence-electron chi connectivity index (χ1n) is 6.56. The lowest BCUT2D eigenvalue weighted by molar-refractivity contribution is -0.138. The number of nitrogens with one attached hydrogen (secondary N) is 1. The first-order valence-corrected chi connectivity index (χ1v) is 8.87. The summed E-state index contributed by atoms with van der Waals surface area (Å²) in [5.74, 6) is 4.17. The highest BCUT2D eigenvalue weighted by Crippen LogP contribution is 2.34. The van der Waals surface area contributed by atoms with Crippen LogP contribution in [0.2, 0.25) is 0 Å². The summed E-state index contributed by atoms with van der Waals surface area (Å²) in [6, 6.07) is 5.80. The molecular formula is C14H18F3NS2. The van der Waals surface area contributed by atoms with Gasteiger partial charge in [0.2, 0.25) is 0 Å². The van der Waals surface area contributed by atoms with Crippen LogP contribution >= 0.6 is 23.5 Å². The van der Waals surface area contributed by atoms with Gasteiger partial charge in [-0.2, -0.15) is 36.7 Å². The second-order valence-corrected chi connectivity index (χ2v) is 7.12. The van der Waals surface area contributed by atoms with Gasteiger partial charge in [0, 0.05) is 35.1 Å². The molecule has 0 spiro atoms. The predicted molar refractivity (Wildman–Crippen MR) is 81.4 cm³/mol. The highest BCUT2D eigenvalue weighted by molar-refractivity contribution is 8.03. The molecule has 0 amide bonds. The normalized spacial score (nSPS) is 19.6. The van der Waals surface area contributed by atoms with Crippen LogP contribution in [0.3, 0.4) is 0 Å². The smallest absolute Gasteiger partial charge is 0.306 e. The Morgan fingerprint density at radius 1 is 1.15 bits per heavy atom. The number of thioether (sulfide) groups is 2. The molecular weight excluding hydrogens is 303 g/mol. The van der Waals surface area contributed by atoms with E-state index in [2.05, 4.69) is 5.32 Å². The first kappa shape index (κ1) is 16.0. The van der Waals surface area contributed by atoms with Crippen molar-refractivity contribution in [3.05, 3.63) is 35.4 Å². The van der Waals surface area contributed by atoms with Crippen LogP contribution in [0.4, 0.5) is 13.2 Å². The third-order valence-electron chi connectivity index (χ3n) is 3.23. The number of halogens is 3. The molecule has 1 aliphatic rings. The molecule has 1 atom stereocenters. The molecule has 112 valence electrons. The van der Waals surface area contributed by atoms with Crippen LogP contribution in [0.25, 0.3) is 0 Å². The van der Waals surface area contributed by atoms with Crippen molar-refractivity contribution in [2.24, 2.45) is 0 Å². The lowest BCUT2D eigenvalue weighted by Crippen LogP contribution is -2.36. The molecule has 0 saturated carbocycles. The van der Waals surface area contributed by atoms with E-state index in [1.807, 2.05) is 30.4 Å². The van der Waals surface area contributed by atoms with Gasteiger partial charge in [0.15, 0.2) is 0 Å². The maximum Gasteiger partial charge on any atom is 0.416 e. The third-order valence-corrected chi connectivity index (χ3v) is 5.75. The summed E-state index contributed by atoms with van der Waals surface area (Å²) in [5, 5.41) is 3.35. The van der Waals surface area contributed by atoms with E-state index in [4.69, 9.17) is 0 Å². The molecule has 1 fully saturated rings. The zero-order chi connectivity index (χ0) is 14.6. The Labute approximate surface area is 126 Å². The van der Waals surface area contributed by atoms with E-state index >= 15 is 0 Å². The molecule has 0 radical (unpaired) electrons. The van der Waals surface area contributed by atoms with Crippen molar-refractivity contribution in [2.75, 3.05) is 23.0 Å². The highest BCUT2D eigenvalue weighted by Gasteiger charge is 2.34. The number of hydrogen-bond donors (Lipinski definition) is 1. The summed E-state index contributed by atoms with van der Waals surface area (Å²) in [4.78, 5) is 0. The highest BCUT2D eigenvalue weighted by atomic mass is 32.2. The SMILES string of the molecule is CC(NC1CSCCSC1)c1ccccc1C(F)(F)F. The number of hydrogen-bond acceptors (Lipinski definition) is 3. The van der Waals surface area contributed by atoms with Crippen molar-refractivity contribution in [1.29, 1.82) is 0 Å². The van der Waals surface area contributed by atoms with E-state index in [0.717, 1.165) is 29.1 Å². The molecule has 2 rings (SSSR count). The van der Waals surface area contributed by atoms with Gasteiger partial charge in [-0.1, -0.05) is 18.2 Å². The van der Waals surface area contributed by atoms with Crippen LogP contribution in [-0.4, -0.2) is 29.1 Å². The number of alkyl halides is 3. The summed E-state index contributed by atoms with van der Waals surface area (Å²) in [5.41, 5.74) is -0.201. The summed E-state index contributed by atoms with van der Waals surface area (Å²) in [6.45, 7) is 1.81. The predicted octanol–water partition coefficient (Wildman–Crippen LogP) is 4.20. The minimum atomic E-state index is -4.29. The van der Waals surface area contributed by atoms with Gasteiger partial charge >= 0.3 is 6.18 Å². The van der Waals surface area contributed by atoms with Gasteiger partial charge in [-0.3, -0.25) is 0 Å². The zero-order valence-corrected chi connectivity index (χ0v) is 12.9. The quantitative estimate of drug-likeness (QED) is 0.896. The van der Waals surface area contributed by atoms with E-state index in [-0.39, 0.29) is 12.1 Å². The van der Waals surface area contributed by atoms with Crippen LogP contribution < -0.4 is 5.32 Å². The fourth-order valence-corrected chi connectivity index (χ4v) is 4.71. The van der Waals surface area contributed by atoms with Gasteiger partial charge in [-0.05, 0) is 18.6 Å². The Balaban J connectivity index is 2.10. The molecule has 20 heavy (non-hydrogen) atoms. The topological polar surface area (TPSA) is 12.0 Å². The fraction of sp³-hybridized carbons (Fsp3) is 0.571. The van der Waals surface area contributed by atoms with E-state index in [1.165, 1.54) is 6.07 Å². The van der Waals surface area contributed by atoms with Gasteiger partial charge in [-0.15, -0.1) is 0 Å². The Bertz CT molecular complexity index is 429. The van der Waals surface area contributed by atoms with Gasteiger partial charge in [0.05, 0.1) is 5.56 Å². The van der Waals surface area contributed by atoms with Gasteiger partial charge in [0.1, 0.15) is 0 Å². The minimum absolute atomic E-state index is 0.267. The summed E-state index contributed by atoms with van der Waals surface area (Å²) < 4.78 is 39.0. The van der Waals surface area contributed by atoms with Crippen LogP contribution in [0.5, 0.6) is 0 Å². The lowest BCUT2D eigenvalue weighted by atomic mass is 10.0. The molecule has 1 nitrogen and oxygen atoms in total. The van der Waals surface area contributed by atoms with Crippen molar-refractivity contribution < 1.29 is 13.2 Å². The van der Waals surface area contributed by atoms with Crippen molar-refractivity contribution in [2.45, 2.75) is 25.2 Å². The monoisotopic (exact) mass is 321 g/mol. The van der Waals surface area contributed by atoms with Gasteiger partial charge < -0.3 is 5.32 Å². The van der Waals surface area contributed by atoms with E-state index < -0.39 is 11.7 Å². The average molecular weight is 321 g/mol. The van der Waals surface area contributed by atoms with Crippen molar-refractivity contribution in [3.8, 4) is 0 Å². The largest absolute Gasteiger partial charge is 0.416 e. The lowest BCUT2D eigenvalue weighted by Gasteiger charge is -2.24. The van der Waals surface area contributed by atoms with Crippen LogP contribution in [-0.2, 0) is 6.18 Å². The van der Waals surface area contributed by atoms with Crippen molar-refractivity contribution in [1.82, 2.24) is 5.32 Å². The van der Waals surface area contributed by atoms with Crippen molar-refractivity contribution >= 4 is 23.5 Å². The third kappa shape index (κ3) is 4.33. The molecule has 1 aromatic carbocycles. The fourth-order valence-electron chi connectivity index (χ4n) is 2.29. The summed E-state index contributed by atoms with van der Waals surface area (Å²) in [7, 11) is 0. The maximum atomic E-state index is 13.0. The molecule has 0 aromatic heterocycles. The Hall–Kier alpha value is -0.330. The van der Waals surface area contributed by atoms with E-state index in [0.29, 0.717) is 5.56 Å². The number of rotatable bonds is 3. The summed E-state index contributed by atoms with van der Waals surface area (Å²) >= 11 is 3.73. The van der Waals surface area contributed by atoms with Crippen LogP contribution in [0.1, 0.15) is 24.1 Å². The number of benzene rings is 1. The van der Waals surface area contributed by atoms with Crippen molar-refractivity contribution in [3.63, 3.8) is 0 Å². The molecule has 1 heterocycles. The van der Waals surface area contributed by atoms with Gasteiger partial charge in [-0.25, -0.2) is 0 Å². The van der Waals surface area contributed by atoms with Gasteiger partial charge in [0.25, 0.3) is 0 Å².